The molecular weight excluding hydrogens is 349 g/mol. The highest BCUT2D eigenvalue weighted by Crippen LogP contribution is 2.39. The van der Waals surface area contributed by atoms with Gasteiger partial charge in [-0.2, -0.15) is 13.2 Å². The van der Waals surface area contributed by atoms with Gasteiger partial charge in [-0.1, -0.05) is 0 Å². The second kappa shape index (κ2) is 7.14. The van der Waals surface area contributed by atoms with Crippen LogP contribution < -0.4 is 0 Å². The summed E-state index contributed by atoms with van der Waals surface area (Å²) in [6.07, 6.45) is -3.08. The highest BCUT2D eigenvalue weighted by atomic mass is 19.4. The van der Waals surface area contributed by atoms with E-state index in [4.69, 9.17) is 9.15 Å². The average Bonchev–Trinajstić information content (AvgIpc) is 3.21. The molecule has 1 aliphatic carbocycles. The van der Waals surface area contributed by atoms with Crippen LogP contribution in [0.15, 0.2) is 16.5 Å². The lowest BCUT2D eigenvalue weighted by atomic mass is 9.77. The summed E-state index contributed by atoms with van der Waals surface area (Å²) in [5.41, 5.74) is 0. The maximum absolute atomic E-state index is 12.7. The molecule has 3 aliphatic rings. The van der Waals surface area contributed by atoms with E-state index < -0.39 is 11.9 Å². The molecule has 26 heavy (non-hydrogen) atoms. The highest BCUT2D eigenvalue weighted by Gasteiger charge is 2.44. The van der Waals surface area contributed by atoms with Crippen LogP contribution in [0.25, 0.3) is 0 Å². The maximum Gasteiger partial charge on any atom is 0.449 e. The fourth-order valence-corrected chi connectivity index (χ4v) is 4.77. The van der Waals surface area contributed by atoms with Crippen molar-refractivity contribution in [1.82, 2.24) is 9.80 Å². The Morgan fingerprint density at radius 3 is 2.42 bits per heavy atom. The van der Waals surface area contributed by atoms with Crippen molar-refractivity contribution in [2.24, 2.45) is 11.8 Å². The van der Waals surface area contributed by atoms with E-state index in [-0.39, 0.29) is 12.1 Å². The molecule has 0 unspecified atom stereocenters. The number of furan rings is 1. The zero-order valence-electron chi connectivity index (χ0n) is 14.6. The van der Waals surface area contributed by atoms with Gasteiger partial charge in [0.25, 0.3) is 0 Å². The van der Waals surface area contributed by atoms with E-state index in [2.05, 4.69) is 9.80 Å². The third kappa shape index (κ3) is 3.78. The number of ether oxygens (including phenoxy) is 1. The van der Waals surface area contributed by atoms with Gasteiger partial charge in [0.05, 0.1) is 25.9 Å². The van der Waals surface area contributed by atoms with Crippen LogP contribution in [0.4, 0.5) is 13.2 Å². The first-order valence-corrected chi connectivity index (χ1v) is 9.28. The number of aliphatic hydroxyl groups is 1. The Hall–Kier alpha value is -1.09. The van der Waals surface area contributed by atoms with Crippen LogP contribution in [0.1, 0.15) is 24.4 Å². The molecule has 3 fully saturated rings. The van der Waals surface area contributed by atoms with E-state index >= 15 is 0 Å². The summed E-state index contributed by atoms with van der Waals surface area (Å²) in [6.45, 7) is 5.18. The van der Waals surface area contributed by atoms with Crippen LogP contribution in [-0.2, 0) is 17.5 Å². The van der Waals surface area contributed by atoms with Gasteiger partial charge in [0.15, 0.2) is 0 Å². The van der Waals surface area contributed by atoms with Crippen LogP contribution in [0.5, 0.6) is 0 Å². The number of morpholine rings is 1. The van der Waals surface area contributed by atoms with E-state index in [1.807, 2.05) is 0 Å². The predicted molar refractivity (Wildman–Crippen MR) is 87.4 cm³/mol. The lowest BCUT2D eigenvalue weighted by Crippen LogP contribution is -2.53. The van der Waals surface area contributed by atoms with E-state index in [1.54, 1.807) is 0 Å². The Morgan fingerprint density at radius 1 is 1.08 bits per heavy atom. The van der Waals surface area contributed by atoms with Crippen molar-refractivity contribution in [1.29, 1.82) is 0 Å². The second-order valence-electron chi connectivity index (χ2n) is 7.73. The zero-order chi connectivity index (χ0) is 18.3. The molecule has 8 heteroatoms. The number of rotatable bonds is 3. The van der Waals surface area contributed by atoms with E-state index in [0.29, 0.717) is 37.4 Å². The molecule has 1 saturated carbocycles. The molecule has 0 aromatic carbocycles. The molecule has 146 valence electrons. The molecule has 1 N–H and O–H groups in total. The van der Waals surface area contributed by atoms with Crippen molar-refractivity contribution in [2.75, 3.05) is 39.4 Å². The summed E-state index contributed by atoms with van der Waals surface area (Å²) >= 11 is 0. The molecule has 3 heterocycles. The molecular formula is C18H25F3N2O3. The van der Waals surface area contributed by atoms with Gasteiger partial charge in [-0.15, -0.1) is 0 Å². The summed E-state index contributed by atoms with van der Waals surface area (Å²) in [6, 6.07) is 2.58. The third-order valence-corrected chi connectivity index (χ3v) is 6.02. The zero-order valence-corrected chi connectivity index (χ0v) is 14.6. The normalized spacial score (nSPS) is 34.2. The Balaban J connectivity index is 1.36. The monoisotopic (exact) mass is 374 g/mol. The first-order valence-electron chi connectivity index (χ1n) is 9.28. The Bertz CT molecular complexity index is 615. The minimum Gasteiger partial charge on any atom is -0.455 e. The summed E-state index contributed by atoms with van der Waals surface area (Å²) in [5.74, 6) is 0.288. The van der Waals surface area contributed by atoms with Crippen molar-refractivity contribution >= 4 is 0 Å². The number of nitrogens with zero attached hydrogens (tertiary/aromatic N) is 2. The minimum absolute atomic E-state index is 0.167. The molecule has 0 bridgehead atoms. The van der Waals surface area contributed by atoms with Gasteiger partial charge in [0.1, 0.15) is 5.76 Å². The summed E-state index contributed by atoms with van der Waals surface area (Å²) in [5, 5.41) is 10.6. The molecule has 1 aromatic rings. The van der Waals surface area contributed by atoms with Gasteiger partial charge < -0.3 is 14.3 Å². The SMILES string of the molecule is O[C@@H]1C[C@H]2CN(Cc3ccc(C(F)(F)F)o3)C[C@H]2C[C@H]1N1CCOCC1. The molecule has 2 aliphatic heterocycles. The number of fused-ring (bicyclic) bond motifs is 1. The first-order chi connectivity index (χ1) is 12.4. The van der Waals surface area contributed by atoms with Crippen molar-refractivity contribution in [2.45, 2.75) is 37.7 Å². The molecule has 5 nitrogen and oxygen atoms in total. The summed E-state index contributed by atoms with van der Waals surface area (Å²) < 4.78 is 48.4. The van der Waals surface area contributed by atoms with Crippen LogP contribution in [-0.4, -0.2) is 66.4 Å². The largest absolute Gasteiger partial charge is 0.455 e. The van der Waals surface area contributed by atoms with Crippen LogP contribution >= 0.6 is 0 Å². The minimum atomic E-state index is -4.44. The van der Waals surface area contributed by atoms with Gasteiger partial charge in [-0.05, 0) is 36.8 Å². The van der Waals surface area contributed by atoms with Crippen molar-refractivity contribution in [3.8, 4) is 0 Å². The number of alkyl halides is 3. The standard InChI is InChI=1S/C18H25F3N2O3/c19-18(20,21)17-2-1-14(26-17)11-22-9-12-7-15(16(24)8-13(12)10-22)23-3-5-25-6-4-23/h1-2,12-13,15-16,24H,3-11H2/t12-,13+,15-,16-/m1/s1. The van der Waals surface area contributed by atoms with Gasteiger partial charge >= 0.3 is 6.18 Å². The number of halogens is 3. The maximum atomic E-state index is 12.7. The summed E-state index contributed by atoms with van der Waals surface area (Å²) in [7, 11) is 0. The number of likely N-dealkylation sites (tertiary alicyclic amines) is 1. The molecule has 4 atom stereocenters. The average molecular weight is 374 g/mol. The van der Waals surface area contributed by atoms with Crippen molar-refractivity contribution < 1.29 is 27.4 Å². The van der Waals surface area contributed by atoms with E-state index in [9.17, 15) is 18.3 Å². The van der Waals surface area contributed by atoms with Crippen LogP contribution in [0, 0.1) is 11.8 Å². The predicted octanol–water partition coefficient (Wildman–Crippen LogP) is 2.20. The number of hydrogen-bond donors (Lipinski definition) is 1. The summed E-state index contributed by atoms with van der Waals surface area (Å²) in [4.78, 5) is 4.48. The Labute approximate surface area is 150 Å². The molecule has 0 spiro atoms. The van der Waals surface area contributed by atoms with Crippen LogP contribution in [0.3, 0.4) is 0 Å². The molecule has 0 amide bonds. The molecule has 1 aromatic heterocycles. The Morgan fingerprint density at radius 2 is 1.77 bits per heavy atom. The van der Waals surface area contributed by atoms with Crippen LogP contribution in [0.2, 0.25) is 0 Å². The van der Waals surface area contributed by atoms with Gasteiger partial charge in [0.2, 0.25) is 5.76 Å². The lowest BCUT2D eigenvalue weighted by Gasteiger charge is -2.43. The molecule has 0 radical (unpaired) electrons. The number of aliphatic hydroxyl groups excluding tert-OH is 1. The van der Waals surface area contributed by atoms with E-state index in [1.165, 1.54) is 6.07 Å². The lowest BCUT2D eigenvalue weighted by molar-refractivity contribution is -0.153. The Kier molecular flexibility index (Phi) is 5.02. The quantitative estimate of drug-likeness (QED) is 0.879. The van der Waals surface area contributed by atoms with E-state index in [0.717, 1.165) is 45.1 Å². The van der Waals surface area contributed by atoms with Gasteiger partial charge in [-0.25, -0.2) is 0 Å². The topological polar surface area (TPSA) is 49.1 Å². The second-order valence-corrected chi connectivity index (χ2v) is 7.73. The fraction of sp³-hybridized carbons (Fsp3) is 0.778. The number of hydrogen-bond acceptors (Lipinski definition) is 5. The van der Waals surface area contributed by atoms with Gasteiger partial charge in [0, 0.05) is 32.2 Å². The van der Waals surface area contributed by atoms with Crippen molar-refractivity contribution in [3.63, 3.8) is 0 Å². The molecule has 4 rings (SSSR count). The fourth-order valence-electron chi connectivity index (χ4n) is 4.77. The smallest absolute Gasteiger partial charge is 0.449 e. The van der Waals surface area contributed by atoms with Gasteiger partial charge in [-0.3, -0.25) is 9.80 Å². The van der Waals surface area contributed by atoms with Crippen molar-refractivity contribution in [3.05, 3.63) is 23.7 Å². The third-order valence-electron chi connectivity index (χ3n) is 6.02. The highest BCUT2D eigenvalue weighted by molar-refractivity contribution is 5.10. The first kappa shape index (κ1) is 18.3. The molecule has 2 saturated heterocycles.